The van der Waals surface area contributed by atoms with Crippen LogP contribution in [0.4, 0.5) is 0 Å². The molecule has 2 rings (SSSR count). The van der Waals surface area contributed by atoms with Crippen molar-refractivity contribution in [2.24, 2.45) is 5.92 Å². The summed E-state index contributed by atoms with van der Waals surface area (Å²) in [5.74, 6) is 0.139. The van der Waals surface area contributed by atoms with E-state index in [1.807, 2.05) is 0 Å². The van der Waals surface area contributed by atoms with E-state index in [4.69, 9.17) is 9.15 Å². The predicted octanol–water partition coefficient (Wildman–Crippen LogP) is 1.30. The Kier molecular flexibility index (Phi) is 3.41. The Hall–Kier alpha value is -1.85. The molecule has 1 aromatic heterocycles. The van der Waals surface area contributed by atoms with Gasteiger partial charge in [0, 0.05) is 0 Å². The van der Waals surface area contributed by atoms with Crippen molar-refractivity contribution < 1.29 is 23.5 Å². The van der Waals surface area contributed by atoms with Crippen LogP contribution < -0.4 is 0 Å². The number of carbonyl (C=O) groups is 2. The van der Waals surface area contributed by atoms with E-state index < -0.39 is 5.97 Å². The lowest BCUT2D eigenvalue weighted by Crippen LogP contribution is -2.11. The maximum Gasteiger partial charge on any atom is 0.361 e. The van der Waals surface area contributed by atoms with E-state index in [2.05, 4.69) is 16.6 Å². The molecule has 0 saturated heterocycles. The van der Waals surface area contributed by atoms with E-state index in [-0.39, 0.29) is 30.6 Å². The largest absolute Gasteiger partial charge is 0.460 e. The van der Waals surface area contributed by atoms with Crippen LogP contribution in [0.5, 0.6) is 0 Å². The van der Waals surface area contributed by atoms with Gasteiger partial charge in [-0.05, 0) is 18.8 Å². The fraction of sp³-hybridized carbons (Fsp3) is 0.545. The summed E-state index contributed by atoms with van der Waals surface area (Å²) in [6.07, 6.45) is 3.02. The third kappa shape index (κ3) is 2.64. The molecule has 0 aliphatic heterocycles. The average Bonchev–Trinajstić information content (AvgIpc) is 2.90. The first-order chi connectivity index (χ1) is 8.26. The zero-order chi connectivity index (χ0) is 12.3. The van der Waals surface area contributed by atoms with E-state index in [9.17, 15) is 9.59 Å². The molecule has 1 aliphatic rings. The predicted molar refractivity (Wildman–Crippen MR) is 55.0 cm³/mol. The van der Waals surface area contributed by atoms with Crippen molar-refractivity contribution in [1.82, 2.24) is 4.98 Å². The molecule has 2 atom stereocenters. The number of carbonyl (C=O) groups excluding carboxylic acids is 2. The van der Waals surface area contributed by atoms with E-state index in [1.165, 1.54) is 0 Å². The number of esters is 1. The van der Waals surface area contributed by atoms with Gasteiger partial charge in [-0.25, -0.2) is 9.78 Å². The standard InChI is InChI=1S/C11H13NO5/c1-2-7-3-8(7)17-11(14)10-9(4-15-6-13)16-5-12-10/h5-8H,2-4H2,1H3. The monoisotopic (exact) mass is 239 g/mol. The molecule has 1 fully saturated rings. The molecule has 0 aromatic carbocycles. The lowest BCUT2D eigenvalue weighted by Gasteiger charge is -2.02. The van der Waals surface area contributed by atoms with Gasteiger partial charge >= 0.3 is 5.97 Å². The van der Waals surface area contributed by atoms with Crippen LogP contribution in [-0.4, -0.2) is 23.5 Å². The highest BCUT2D eigenvalue weighted by Gasteiger charge is 2.40. The van der Waals surface area contributed by atoms with Crippen molar-refractivity contribution >= 4 is 12.4 Å². The fourth-order valence-corrected chi connectivity index (χ4v) is 1.64. The van der Waals surface area contributed by atoms with Crippen LogP contribution in [0.1, 0.15) is 36.0 Å². The second kappa shape index (κ2) is 4.99. The van der Waals surface area contributed by atoms with Gasteiger partial charge in [-0.2, -0.15) is 0 Å². The Morgan fingerprint density at radius 1 is 1.71 bits per heavy atom. The van der Waals surface area contributed by atoms with Crippen LogP contribution in [-0.2, 0) is 20.9 Å². The van der Waals surface area contributed by atoms with E-state index in [0.717, 1.165) is 19.2 Å². The minimum Gasteiger partial charge on any atom is -0.460 e. The lowest BCUT2D eigenvalue weighted by atomic mass is 10.3. The Bertz CT molecular complexity index is 414. The van der Waals surface area contributed by atoms with E-state index >= 15 is 0 Å². The number of nitrogens with zero attached hydrogens (tertiary/aromatic N) is 1. The molecule has 1 saturated carbocycles. The molecule has 1 aromatic rings. The van der Waals surface area contributed by atoms with Crippen LogP contribution in [0, 0.1) is 5.92 Å². The number of oxazole rings is 1. The first-order valence-corrected chi connectivity index (χ1v) is 5.44. The first-order valence-electron chi connectivity index (χ1n) is 5.44. The SMILES string of the molecule is CCC1CC1OC(=O)c1ncoc1COC=O. The minimum absolute atomic E-state index is 0.0101. The van der Waals surface area contributed by atoms with Gasteiger partial charge in [-0.3, -0.25) is 4.79 Å². The van der Waals surface area contributed by atoms with Gasteiger partial charge in [0.05, 0.1) is 0 Å². The van der Waals surface area contributed by atoms with Gasteiger partial charge < -0.3 is 13.9 Å². The zero-order valence-corrected chi connectivity index (χ0v) is 9.42. The number of aromatic nitrogens is 1. The summed E-state index contributed by atoms with van der Waals surface area (Å²) >= 11 is 0. The second-order valence-corrected chi connectivity index (χ2v) is 3.88. The summed E-state index contributed by atoms with van der Waals surface area (Å²) in [4.78, 5) is 25.5. The summed E-state index contributed by atoms with van der Waals surface area (Å²) < 4.78 is 14.7. The minimum atomic E-state index is -0.524. The van der Waals surface area contributed by atoms with Gasteiger partial charge in [0.25, 0.3) is 6.47 Å². The second-order valence-electron chi connectivity index (χ2n) is 3.88. The molecule has 1 heterocycles. The summed E-state index contributed by atoms with van der Waals surface area (Å²) in [6.45, 7) is 2.22. The van der Waals surface area contributed by atoms with E-state index in [0.29, 0.717) is 5.92 Å². The first kappa shape index (κ1) is 11.6. The Labute approximate surface area is 97.9 Å². The lowest BCUT2D eigenvalue weighted by molar-refractivity contribution is -0.130. The summed E-state index contributed by atoms with van der Waals surface area (Å²) in [5.41, 5.74) is 0.0774. The zero-order valence-electron chi connectivity index (χ0n) is 9.42. The molecule has 17 heavy (non-hydrogen) atoms. The molecule has 0 radical (unpaired) electrons. The molecule has 0 N–H and O–H groups in total. The Morgan fingerprint density at radius 3 is 3.18 bits per heavy atom. The highest BCUT2D eigenvalue weighted by atomic mass is 16.6. The highest BCUT2D eigenvalue weighted by molar-refractivity contribution is 5.88. The maximum atomic E-state index is 11.7. The molecule has 6 nitrogen and oxygen atoms in total. The molecule has 0 amide bonds. The van der Waals surface area contributed by atoms with Crippen molar-refractivity contribution in [3.63, 3.8) is 0 Å². The summed E-state index contributed by atoms with van der Waals surface area (Å²) in [5, 5.41) is 0. The number of ether oxygens (including phenoxy) is 2. The maximum absolute atomic E-state index is 11.7. The van der Waals surface area contributed by atoms with Crippen LogP contribution in [0.15, 0.2) is 10.8 Å². The fourth-order valence-electron chi connectivity index (χ4n) is 1.64. The van der Waals surface area contributed by atoms with Crippen molar-refractivity contribution in [3.05, 3.63) is 17.8 Å². The van der Waals surface area contributed by atoms with E-state index in [1.54, 1.807) is 0 Å². The van der Waals surface area contributed by atoms with Crippen molar-refractivity contribution in [2.45, 2.75) is 32.5 Å². The molecule has 1 aliphatic carbocycles. The topological polar surface area (TPSA) is 78.6 Å². The number of hydrogen-bond donors (Lipinski definition) is 0. The van der Waals surface area contributed by atoms with Crippen molar-refractivity contribution in [3.8, 4) is 0 Å². The van der Waals surface area contributed by atoms with Gasteiger partial charge in [0.2, 0.25) is 0 Å². The van der Waals surface area contributed by atoms with Crippen molar-refractivity contribution in [2.75, 3.05) is 0 Å². The molecular weight excluding hydrogens is 226 g/mol. The van der Waals surface area contributed by atoms with Crippen LogP contribution >= 0.6 is 0 Å². The number of rotatable bonds is 6. The van der Waals surface area contributed by atoms with Gasteiger partial charge in [-0.15, -0.1) is 0 Å². The van der Waals surface area contributed by atoms with Crippen LogP contribution in [0.3, 0.4) is 0 Å². The molecule has 2 unspecified atom stereocenters. The Morgan fingerprint density at radius 2 is 2.53 bits per heavy atom. The molecule has 0 bridgehead atoms. The quantitative estimate of drug-likeness (QED) is 0.550. The molecular formula is C11H13NO5. The summed E-state index contributed by atoms with van der Waals surface area (Å²) in [6, 6.07) is 0. The van der Waals surface area contributed by atoms with Gasteiger partial charge in [0.1, 0.15) is 6.10 Å². The molecule has 6 heteroatoms. The molecule has 92 valence electrons. The summed E-state index contributed by atoms with van der Waals surface area (Å²) in [7, 11) is 0. The number of hydrogen-bond acceptors (Lipinski definition) is 6. The normalized spacial score (nSPS) is 21.9. The van der Waals surface area contributed by atoms with Crippen molar-refractivity contribution in [1.29, 1.82) is 0 Å². The highest BCUT2D eigenvalue weighted by Crippen LogP contribution is 2.36. The van der Waals surface area contributed by atoms with Crippen LogP contribution in [0.25, 0.3) is 0 Å². The van der Waals surface area contributed by atoms with Gasteiger partial charge in [-0.1, -0.05) is 6.92 Å². The average molecular weight is 239 g/mol. The van der Waals surface area contributed by atoms with Crippen LogP contribution in [0.2, 0.25) is 0 Å². The molecule has 0 spiro atoms. The smallest absolute Gasteiger partial charge is 0.361 e. The third-order valence-corrected chi connectivity index (χ3v) is 2.76. The van der Waals surface area contributed by atoms with Gasteiger partial charge in [0.15, 0.2) is 24.5 Å². The third-order valence-electron chi connectivity index (χ3n) is 2.76. The Balaban J connectivity index is 1.94.